The van der Waals surface area contributed by atoms with E-state index in [1.165, 1.54) is 26.4 Å². The van der Waals surface area contributed by atoms with Gasteiger partial charge in [-0.2, -0.15) is 0 Å². The van der Waals surface area contributed by atoms with Crippen LogP contribution < -0.4 is 0 Å². The van der Waals surface area contributed by atoms with E-state index in [9.17, 15) is 8.42 Å². The zero-order valence-corrected chi connectivity index (χ0v) is 11.4. The average Bonchev–Trinajstić information content (AvgIpc) is 2.74. The number of halogens is 1. The fraction of sp³-hybridized carbons (Fsp3) is 0.222. The van der Waals surface area contributed by atoms with Crippen LogP contribution in [-0.4, -0.2) is 32.0 Å². The largest absolute Gasteiger partial charge is 0.288 e. The number of hydrogen-bond acceptors (Lipinski definition) is 5. The second-order valence-corrected chi connectivity index (χ2v) is 6.79. The molecule has 0 saturated heterocycles. The summed E-state index contributed by atoms with van der Waals surface area (Å²) in [7, 11) is -1.02. The first-order valence-electron chi connectivity index (χ1n) is 4.54. The van der Waals surface area contributed by atoms with Gasteiger partial charge in [0, 0.05) is 13.2 Å². The molecule has 0 amide bonds. The van der Waals surface area contributed by atoms with Gasteiger partial charge in [0.15, 0.2) is 0 Å². The highest BCUT2D eigenvalue weighted by Gasteiger charge is 2.24. The minimum Gasteiger partial charge on any atom is -0.288 e. The molecule has 0 aliphatic carbocycles. The summed E-state index contributed by atoms with van der Waals surface area (Å²) < 4.78 is 25.6. The monoisotopic (exact) mass is 292 g/mol. The van der Waals surface area contributed by atoms with Crippen molar-refractivity contribution in [3.8, 4) is 0 Å². The lowest BCUT2D eigenvalue weighted by Gasteiger charge is -2.11. The predicted octanol–water partition coefficient (Wildman–Crippen LogP) is 2.13. The van der Waals surface area contributed by atoms with Crippen molar-refractivity contribution in [3.63, 3.8) is 0 Å². The topological polar surface area (TPSA) is 59.5 Å². The number of rotatable bonds is 3. The maximum Gasteiger partial charge on any atom is 0.274 e. The number of hydroxylamine groups is 1. The van der Waals surface area contributed by atoms with Gasteiger partial charge in [0.05, 0.1) is 22.3 Å². The van der Waals surface area contributed by atoms with Gasteiger partial charge in [-0.3, -0.25) is 9.82 Å². The van der Waals surface area contributed by atoms with Gasteiger partial charge in [0.25, 0.3) is 10.0 Å². The maximum absolute atomic E-state index is 12.0. The van der Waals surface area contributed by atoms with Crippen molar-refractivity contribution in [3.05, 3.63) is 23.4 Å². The minimum atomic E-state index is -3.64. The third-order valence-corrected chi connectivity index (χ3v) is 5.90. The van der Waals surface area contributed by atoms with Crippen molar-refractivity contribution in [2.45, 2.75) is 4.21 Å². The molecule has 0 aliphatic rings. The first kappa shape index (κ1) is 12.7. The van der Waals surface area contributed by atoms with Gasteiger partial charge in [0.1, 0.15) is 4.21 Å². The summed E-state index contributed by atoms with van der Waals surface area (Å²) in [4.78, 5) is 8.76. The zero-order chi connectivity index (χ0) is 12.6. The predicted molar refractivity (Wildman–Crippen MR) is 66.6 cm³/mol. The van der Waals surface area contributed by atoms with Crippen LogP contribution in [0.15, 0.2) is 22.5 Å². The lowest BCUT2D eigenvalue weighted by atomic mass is 10.4. The molecule has 0 aromatic carbocycles. The van der Waals surface area contributed by atoms with E-state index >= 15 is 0 Å². The molecule has 92 valence electrons. The van der Waals surface area contributed by atoms with E-state index in [4.69, 9.17) is 16.4 Å². The highest BCUT2D eigenvalue weighted by Crippen LogP contribution is 2.33. The molecule has 0 bridgehead atoms. The van der Waals surface area contributed by atoms with Gasteiger partial charge in [-0.05, 0) is 12.1 Å². The molecule has 0 fully saturated rings. The summed E-state index contributed by atoms with van der Waals surface area (Å²) in [5.41, 5.74) is 0.561. The Bertz CT molecular complexity index is 653. The number of pyridine rings is 1. The zero-order valence-electron chi connectivity index (χ0n) is 9.05. The number of hydrogen-bond donors (Lipinski definition) is 0. The summed E-state index contributed by atoms with van der Waals surface area (Å²) >= 11 is 7.04. The Hall–Kier alpha value is -0.730. The van der Waals surface area contributed by atoms with Crippen LogP contribution in [0.25, 0.3) is 10.2 Å². The lowest BCUT2D eigenvalue weighted by molar-refractivity contribution is -0.0256. The fourth-order valence-electron chi connectivity index (χ4n) is 1.24. The first-order chi connectivity index (χ1) is 7.96. The van der Waals surface area contributed by atoms with Crippen molar-refractivity contribution >= 4 is 43.2 Å². The van der Waals surface area contributed by atoms with E-state index in [2.05, 4.69) is 4.98 Å². The number of aromatic nitrogens is 1. The number of sulfonamides is 1. The van der Waals surface area contributed by atoms with Gasteiger partial charge in [-0.25, -0.2) is 8.42 Å². The van der Waals surface area contributed by atoms with Crippen LogP contribution in [0.3, 0.4) is 0 Å². The SMILES string of the molecule is CON(C)S(=O)(=O)c1cc2nccc(Cl)c2s1. The quantitative estimate of drug-likeness (QED) is 0.813. The molecular formula is C9H9ClN2O3S2. The van der Waals surface area contributed by atoms with Crippen LogP contribution in [0.4, 0.5) is 0 Å². The molecule has 5 nitrogen and oxygen atoms in total. The normalized spacial score (nSPS) is 12.5. The molecule has 0 unspecified atom stereocenters. The average molecular weight is 293 g/mol. The highest BCUT2D eigenvalue weighted by molar-refractivity contribution is 7.91. The lowest BCUT2D eigenvalue weighted by Crippen LogP contribution is -2.24. The summed E-state index contributed by atoms with van der Waals surface area (Å²) in [5, 5.41) is 0.488. The summed E-state index contributed by atoms with van der Waals surface area (Å²) in [6, 6.07) is 3.10. The Morgan fingerprint density at radius 3 is 2.82 bits per heavy atom. The Morgan fingerprint density at radius 1 is 1.53 bits per heavy atom. The highest BCUT2D eigenvalue weighted by atomic mass is 35.5. The molecule has 0 aliphatic heterocycles. The smallest absolute Gasteiger partial charge is 0.274 e. The molecule has 17 heavy (non-hydrogen) atoms. The van der Waals surface area contributed by atoms with Gasteiger partial charge in [-0.1, -0.05) is 16.1 Å². The van der Waals surface area contributed by atoms with Crippen LogP contribution in [0, 0.1) is 0 Å². The second kappa shape index (κ2) is 4.51. The third kappa shape index (κ3) is 2.16. The van der Waals surface area contributed by atoms with Crippen LogP contribution in [-0.2, 0) is 14.9 Å². The van der Waals surface area contributed by atoms with Crippen LogP contribution in [0.1, 0.15) is 0 Å². The fourth-order valence-corrected chi connectivity index (χ4v) is 3.96. The Labute approximate surface area is 108 Å². The van der Waals surface area contributed by atoms with Gasteiger partial charge in [0.2, 0.25) is 0 Å². The van der Waals surface area contributed by atoms with E-state index in [1.54, 1.807) is 6.07 Å². The molecule has 2 heterocycles. The van der Waals surface area contributed by atoms with Crippen molar-refractivity contribution in [1.82, 2.24) is 9.45 Å². The molecule has 0 saturated carbocycles. The third-order valence-electron chi connectivity index (χ3n) is 2.19. The van der Waals surface area contributed by atoms with Gasteiger partial charge in [-0.15, -0.1) is 11.3 Å². The molecule has 8 heteroatoms. The summed E-state index contributed by atoms with van der Waals surface area (Å²) in [5.74, 6) is 0. The molecule has 2 aromatic heterocycles. The van der Waals surface area contributed by atoms with E-state index in [1.807, 2.05) is 0 Å². The summed E-state index contributed by atoms with van der Waals surface area (Å²) in [6.07, 6.45) is 1.54. The van der Waals surface area contributed by atoms with Crippen molar-refractivity contribution in [1.29, 1.82) is 0 Å². The molecular weight excluding hydrogens is 284 g/mol. The van der Waals surface area contributed by atoms with E-state index in [0.29, 0.717) is 15.2 Å². The molecule has 0 spiro atoms. The number of thiophene rings is 1. The van der Waals surface area contributed by atoms with Crippen molar-refractivity contribution < 1.29 is 13.3 Å². The van der Waals surface area contributed by atoms with E-state index in [0.717, 1.165) is 15.8 Å². The molecule has 2 aromatic rings. The van der Waals surface area contributed by atoms with Gasteiger partial charge >= 0.3 is 0 Å². The Balaban J connectivity index is 2.62. The standard InChI is InChI=1S/C9H9ClN2O3S2/c1-12(15-2)17(13,14)8-5-7-9(16-8)6(10)3-4-11-7/h3-5H,1-2H3. The van der Waals surface area contributed by atoms with E-state index < -0.39 is 10.0 Å². The van der Waals surface area contributed by atoms with Gasteiger partial charge < -0.3 is 0 Å². The molecule has 0 atom stereocenters. The number of nitrogens with zero attached hydrogens (tertiary/aromatic N) is 2. The summed E-state index contributed by atoms with van der Waals surface area (Å²) in [6.45, 7) is 0. The Kier molecular flexibility index (Phi) is 3.37. The molecule has 0 radical (unpaired) electrons. The minimum absolute atomic E-state index is 0.150. The molecule has 0 N–H and O–H groups in total. The van der Waals surface area contributed by atoms with Crippen molar-refractivity contribution in [2.75, 3.05) is 14.2 Å². The Morgan fingerprint density at radius 2 is 2.24 bits per heavy atom. The molecule has 2 rings (SSSR count). The second-order valence-electron chi connectivity index (χ2n) is 3.17. The number of fused-ring (bicyclic) bond motifs is 1. The van der Waals surface area contributed by atoms with E-state index in [-0.39, 0.29) is 4.21 Å². The van der Waals surface area contributed by atoms with Crippen molar-refractivity contribution in [2.24, 2.45) is 0 Å². The van der Waals surface area contributed by atoms with Crippen LogP contribution in [0.5, 0.6) is 0 Å². The first-order valence-corrected chi connectivity index (χ1v) is 7.17. The van der Waals surface area contributed by atoms with Crippen LogP contribution in [0.2, 0.25) is 5.02 Å². The van der Waals surface area contributed by atoms with Crippen LogP contribution >= 0.6 is 22.9 Å². The maximum atomic E-state index is 12.0.